The quantitative estimate of drug-likeness (QED) is 0.486. The van der Waals surface area contributed by atoms with Crippen molar-refractivity contribution in [2.45, 2.75) is 37.4 Å². The maximum Gasteiger partial charge on any atom is 0.222 e. The molecule has 0 atom stereocenters. The van der Waals surface area contributed by atoms with Crippen LogP contribution >= 0.6 is 11.8 Å². The first-order chi connectivity index (χ1) is 15.2. The summed E-state index contributed by atoms with van der Waals surface area (Å²) >= 11 is 1.57. The van der Waals surface area contributed by atoms with Gasteiger partial charge in [0.15, 0.2) is 5.16 Å². The van der Waals surface area contributed by atoms with E-state index in [9.17, 15) is 4.79 Å². The van der Waals surface area contributed by atoms with Gasteiger partial charge in [-0.05, 0) is 56.7 Å². The van der Waals surface area contributed by atoms with Crippen LogP contribution in [0.25, 0.3) is 0 Å². The fourth-order valence-corrected chi connectivity index (χ4v) is 4.88. The molecule has 2 fully saturated rings. The lowest BCUT2D eigenvalue weighted by atomic mass is 9.91. The Morgan fingerprint density at radius 1 is 1.00 bits per heavy atom. The number of rotatable bonds is 7. The van der Waals surface area contributed by atoms with Gasteiger partial charge >= 0.3 is 0 Å². The highest BCUT2D eigenvalue weighted by Crippen LogP contribution is 2.24. The summed E-state index contributed by atoms with van der Waals surface area (Å²) in [6, 6.07) is 10.5. The van der Waals surface area contributed by atoms with Crippen LogP contribution < -0.4 is 4.90 Å². The zero-order valence-corrected chi connectivity index (χ0v) is 19.3. The van der Waals surface area contributed by atoms with Gasteiger partial charge in [-0.2, -0.15) is 0 Å². The third-order valence-corrected chi connectivity index (χ3v) is 7.07. The third kappa shape index (κ3) is 6.20. The minimum absolute atomic E-state index is 0.334. The molecule has 0 aliphatic carbocycles. The van der Waals surface area contributed by atoms with E-state index < -0.39 is 0 Å². The zero-order valence-electron chi connectivity index (χ0n) is 18.4. The molecular weight excluding hydrogens is 406 g/mol. The van der Waals surface area contributed by atoms with E-state index in [-0.39, 0.29) is 0 Å². The molecule has 31 heavy (non-hydrogen) atoms. The van der Waals surface area contributed by atoms with Crippen LogP contribution in [0.3, 0.4) is 0 Å². The van der Waals surface area contributed by atoms with E-state index in [0.717, 1.165) is 57.4 Å². The van der Waals surface area contributed by atoms with Gasteiger partial charge in [0.25, 0.3) is 0 Å². The average molecular weight is 440 g/mol. The van der Waals surface area contributed by atoms with Crippen molar-refractivity contribution in [1.29, 1.82) is 0 Å². The van der Waals surface area contributed by atoms with E-state index in [4.69, 9.17) is 0 Å². The van der Waals surface area contributed by atoms with Crippen molar-refractivity contribution >= 4 is 23.4 Å². The maximum atomic E-state index is 12.7. The predicted molar refractivity (Wildman–Crippen MR) is 126 cm³/mol. The lowest BCUT2D eigenvalue weighted by Gasteiger charge is -2.36. The number of thioether (sulfide) groups is 1. The summed E-state index contributed by atoms with van der Waals surface area (Å²) in [5.74, 6) is 1.00. The van der Waals surface area contributed by atoms with E-state index in [0.29, 0.717) is 18.2 Å². The van der Waals surface area contributed by atoms with Gasteiger partial charge < -0.3 is 9.80 Å². The van der Waals surface area contributed by atoms with Gasteiger partial charge in [0.1, 0.15) is 0 Å². The molecule has 0 radical (unpaired) electrons. The van der Waals surface area contributed by atoms with Crippen molar-refractivity contribution in [2.75, 3.05) is 50.4 Å². The van der Waals surface area contributed by atoms with Crippen molar-refractivity contribution in [3.05, 3.63) is 48.3 Å². The number of anilines is 1. The monoisotopic (exact) mass is 439 g/mol. The van der Waals surface area contributed by atoms with E-state index in [1.807, 2.05) is 24.7 Å². The van der Waals surface area contributed by atoms with Crippen molar-refractivity contribution < 1.29 is 4.79 Å². The Hall–Kier alpha value is -2.12. The third-order valence-electron chi connectivity index (χ3n) is 6.50. The lowest BCUT2D eigenvalue weighted by molar-refractivity contribution is -0.131. The summed E-state index contributed by atoms with van der Waals surface area (Å²) in [6.45, 7) is 6.64. The molecule has 0 spiro atoms. The van der Waals surface area contributed by atoms with Crippen molar-refractivity contribution in [3.8, 4) is 0 Å². The van der Waals surface area contributed by atoms with Crippen molar-refractivity contribution in [2.24, 2.45) is 5.92 Å². The Balaban J connectivity index is 1.14. The molecule has 3 heterocycles. The zero-order chi connectivity index (χ0) is 21.5. The molecule has 1 aromatic heterocycles. The summed E-state index contributed by atoms with van der Waals surface area (Å²) in [6.07, 6.45) is 9.96. The SMILES string of the molecule is CSc1ncc(CN2CCC(CCC(=O)N3CCN(c4ccccc4)CC3)CC2)cn1. The van der Waals surface area contributed by atoms with Crippen LogP contribution in [0, 0.1) is 5.92 Å². The lowest BCUT2D eigenvalue weighted by Crippen LogP contribution is -2.48. The molecule has 2 aromatic rings. The topological polar surface area (TPSA) is 52.6 Å². The normalized spacial score (nSPS) is 18.4. The van der Waals surface area contributed by atoms with Gasteiger partial charge in [-0.3, -0.25) is 9.69 Å². The molecule has 4 rings (SSSR count). The largest absolute Gasteiger partial charge is 0.368 e. The number of likely N-dealkylation sites (tertiary alicyclic amines) is 1. The Morgan fingerprint density at radius 2 is 1.68 bits per heavy atom. The molecular formula is C24H33N5OS. The van der Waals surface area contributed by atoms with Crippen molar-refractivity contribution in [1.82, 2.24) is 19.8 Å². The van der Waals surface area contributed by atoms with Gasteiger partial charge in [-0.25, -0.2) is 9.97 Å². The molecule has 2 saturated heterocycles. The van der Waals surface area contributed by atoms with Crippen LogP contribution in [0.4, 0.5) is 5.69 Å². The van der Waals surface area contributed by atoms with E-state index in [1.54, 1.807) is 11.8 Å². The summed E-state index contributed by atoms with van der Waals surface area (Å²) in [5, 5.41) is 0.827. The first kappa shape index (κ1) is 22.1. The summed E-state index contributed by atoms with van der Waals surface area (Å²) in [7, 11) is 0. The van der Waals surface area contributed by atoms with Gasteiger partial charge in [-0.1, -0.05) is 30.0 Å². The van der Waals surface area contributed by atoms with Crippen LogP contribution in [0.2, 0.25) is 0 Å². The number of carbonyl (C=O) groups excluding carboxylic acids is 1. The highest BCUT2D eigenvalue weighted by molar-refractivity contribution is 7.98. The number of piperazine rings is 1. The number of benzene rings is 1. The molecule has 0 bridgehead atoms. The minimum atomic E-state index is 0.334. The number of para-hydroxylation sites is 1. The van der Waals surface area contributed by atoms with Gasteiger partial charge in [-0.15, -0.1) is 0 Å². The fraction of sp³-hybridized carbons (Fsp3) is 0.542. The Bertz CT molecular complexity index is 816. The first-order valence-electron chi connectivity index (χ1n) is 11.4. The van der Waals surface area contributed by atoms with Crippen LogP contribution in [-0.4, -0.2) is 71.2 Å². The standard InChI is InChI=1S/C24H33N5OS/c1-31-24-25-17-21(18-26-24)19-27-11-9-20(10-12-27)7-8-23(30)29-15-13-28(14-16-29)22-5-3-2-4-6-22/h2-6,17-18,20H,7-16,19H2,1H3. The number of hydrogen-bond donors (Lipinski definition) is 0. The van der Waals surface area contributed by atoms with Gasteiger partial charge in [0.2, 0.25) is 5.91 Å². The molecule has 1 amide bonds. The number of aromatic nitrogens is 2. The van der Waals surface area contributed by atoms with Crippen LogP contribution in [0.1, 0.15) is 31.2 Å². The molecule has 0 unspecified atom stereocenters. The number of amides is 1. The van der Waals surface area contributed by atoms with E-state index in [2.05, 4.69) is 48.9 Å². The minimum Gasteiger partial charge on any atom is -0.368 e. The Morgan fingerprint density at radius 3 is 2.32 bits per heavy atom. The second kappa shape index (κ2) is 11.0. The summed E-state index contributed by atoms with van der Waals surface area (Å²) < 4.78 is 0. The van der Waals surface area contributed by atoms with Gasteiger partial charge in [0, 0.05) is 62.8 Å². The summed E-state index contributed by atoms with van der Waals surface area (Å²) in [4.78, 5) is 28.4. The second-order valence-corrected chi connectivity index (χ2v) is 9.31. The number of hydrogen-bond acceptors (Lipinski definition) is 6. The van der Waals surface area contributed by atoms with Crippen LogP contribution in [0.15, 0.2) is 47.9 Å². The number of piperidine rings is 1. The second-order valence-electron chi connectivity index (χ2n) is 8.54. The fourth-order valence-electron chi connectivity index (χ4n) is 4.56. The molecule has 166 valence electrons. The highest BCUT2D eigenvalue weighted by atomic mass is 32.2. The Labute approximate surface area is 190 Å². The molecule has 2 aliphatic rings. The maximum absolute atomic E-state index is 12.7. The Kier molecular flexibility index (Phi) is 7.81. The summed E-state index contributed by atoms with van der Waals surface area (Å²) in [5.41, 5.74) is 2.44. The van der Waals surface area contributed by atoms with E-state index >= 15 is 0 Å². The number of nitrogens with zero attached hydrogens (tertiary/aromatic N) is 5. The highest BCUT2D eigenvalue weighted by Gasteiger charge is 2.24. The molecule has 6 nitrogen and oxygen atoms in total. The van der Waals surface area contributed by atoms with Crippen LogP contribution in [-0.2, 0) is 11.3 Å². The first-order valence-corrected chi connectivity index (χ1v) is 12.6. The predicted octanol–water partition coefficient (Wildman–Crippen LogP) is 3.54. The molecule has 0 saturated carbocycles. The molecule has 7 heteroatoms. The van der Waals surface area contributed by atoms with Crippen molar-refractivity contribution in [3.63, 3.8) is 0 Å². The smallest absolute Gasteiger partial charge is 0.222 e. The molecule has 1 aromatic carbocycles. The van der Waals surface area contributed by atoms with Crippen LogP contribution in [0.5, 0.6) is 0 Å². The average Bonchev–Trinajstić information content (AvgIpc) is 2.84. The van der Waals surface area contributed by atoms with Gasteiger partial charge in [0.05, 0.1) is 0 Å². The molecule has 0 N–H and O–H groups in total. The molecule has 2 aliphatic heterocycles. The number of carbonyl (C=O) groups is 1. The van der Waals surface area contributed by atoms with E-state index in [1.165, 1.54) is 24.1 Å².